The second-order valence-corrected chi connectivity index (χ2v) is 5.90. The number of piperidine rings is 1. The summed E-state index contributed by atoms with van der Waals surface area (Å²) in [7, 11) is 3.60. The van der Waals surface area contributed by atoms with Crippen LogP contribution in [-0.2, 0) is 9.47 Å². The lowest BCUT2D eigenvalue weighted by Gasteiger charge is -2.34. The molecule has 1 saturated heterocycles. The van der Waals surface area contributed by atoms with Crippen molar-refractivity contribution < 1.29 is 9.47 Å². The number of methoxy groups -OCH3 is 1. The summed E-state index contributed by atoms with van der Waals surface area (Å²) in [6, 6.07) is 0. The molecule has 7 heteroatoms. The first-order valence-corrected chi connectivity index (χ1v) is 9.03. The molecule has 144 valence electrons. The number of hydrogen-bond acceptors (Lipinski definition) is 4. The fourth-order valence-electron chi connectivity index (χ4n) is 2.89. The van der Waals surface area contributed by atoms with Crippen LogP contribution in [0.3, 0.4) is 0 Å². The Morgan fingerprint density at radius 2 is 1.88 bits per heavy atom. The summed E-state index contributed by atoms with van der Waals surface area (Å²) < 4.78 is 11.0. The van der Waals surface area contributed by atoms with Gasteiger partial charge in [0.2, 0.25) is 0 Å². The van der Waals surface area contributed by atoms with Crippen LogP contribution in [0, 0.1) is 0 Å². The van der Waals surface area contributed by atoms with Gasteiger partial charge in [-0.2, -0.15) is 0 Å². The standard InChI is InChI=1S/C17H36N4O2.HI/c1-5-20(6-2)13-10-19-17(18-3)21-11-8-16(9-12-21)23-15-7-14-22-4;/h16H,5-15H2,1-4H3,(H,18,19);1H. The quantitative estimate of drug-likeness (QED) is 0.236. The van der Waals surface area contributed by atoms with Gasteiger partial charge in [0.15, 0.2) is 5.96 Å². The summed E-state index contributed by atoms with van der Waals surface area (Å²) in [6.07, 6.45) is 3.51. The number of halogens is 1. The first-order chi connectivity index (χ1) is 11.2. The maximum absolute atomic E-state index is 5.91. The molecule has 0 amide bonds. The fourth-order valence-corrected chi connectivity index (χ4v) is 2.89. The summed E-state index contributed by atoms with van der Waals surface area (Å²) >= 11 is 0. The van der Waals surface area contributed by atoms with Crippen LogP contribution in [0.1, 0.15) is 33.1 Å². The molecule has 6 nitrogen and oxygen atoms in total. The second kappa shape index (κ2) is 15.2. The Morgan fingerprint density at radius 3 is 2.42 bits per heavy atom. The number of rotatable bonds is 10. The Hall–Kier alpha value is -0.120. The van der Waals surface area contributed by atoms with Crippen molar-refractivity contribution in [3.63, 3.8) is 0 Å². The Balaban J connectivity index is 0.00000529. The molecule has 0 bridgehead atoms. The molecular formula is C17H37IN4O2. The highest BCUT2D eigenvalue weighted by Crippen LogP contribution is 2.14. The summed E-state index contributed by atoms with van der Waals surface area (Å²) in [5, 5.41) is 3.49. The number of hydrogen-bond donors (Lipinski definition) is 1. The fraction of sp³-hybridized carbons (Fsp3) is 0.941. The van der Waals surface area contributed by atoms with Crippen molar-refractivity contribution in [2.24, 2.45) is 4.99 Å². The zero-order valence-electron chi connectivity index (χ0n) is 15.9. The topological polar surface area (TPSA) is 49.3 Å². The molecule has 0 unspecified atom stereocenters. The maximum atomic E-state index is 5.91. The number of likely N-dealkylation sites (tertiary alicyclic amines) is 1. The van der Waals surface area contributed by atoms with Crippen LogP contribution in [0.25, 0.3) is 0 Å². The Bertz CT molecular complexity index is 320. The third-order valence-electron chi connectivity index (χ3n) is 4.41. The Labute approximate surface area is 165 Å². The first kappa shape index (κ1) is 23.9. The van der Waals surface area contributed by atoms with Gasteiger partial charge in [-0.05, 0) is 32.4 Å². The van der Waals surface area contributed by atoms with E-state index in [4.69, 9.17) is 9.47 Å². The first-order valence-electron chi connectivity index (χ1n) is 9.03. The number of ether oxygens (including phenoxy) is 2. The molecule has 24 heavy (non-hydrogen) atoms. The number of nitrogens with one attached hydrogen (secondary N) is 1. The average molecular weight is 456 g/mol. The van der Waals surface area contributed by atoms with Crippen LogP contribution >= 0.6 is 24.0 Å². The molecule has 1 fully saturated rings. The molecule has 1 rings (SSSR count). The van der Waals surface area contributed by atoms with E-state index in [2.05, 4.69) is 34.0 Å². The molecule has 0 aromatic heterocycles. The van der Waals surface area contributed by atoms with Crippen molar-refractivity contribution in [2.75, 3.05) is 66.6 Å². The molecule has 1 aliphatic heterocycles. The highest BCUT2D eigenvalue weighted by atomic mass is 127. The minimum absolute atomic E-state index is 0. The second-order valence-electron chi connectivity index (χ2n) is 5.90. The van der Waals surface area contributed by atoms with Crippen LogP contribution in [0.4, 0.5) is 0 Å². The third kappa shape index (κ3) is 9.39. The van der Waals surface area contributed by atoms with E-state index in [1.165, 1.54) is 0 Å². The van der Waals surface area contributed by atoms with Crippen LogP contribution in [0.5, 0.6) is 0 Å². The maximum Gasteiger partial charge on any atom is 0.193 e. The molecule has 1 N–H and O–H groups in total. The van der Waals surface area contributed by atoms with Crippen LogP contribution in [-0.4, -0.2) is 88.5 Å². The van der Waals surface area contributed by atoms with E-state index < -0.39 is 0 Å². The van der Waals surface area contributed by atoms with Crippen molar-refractivity contribution in [1.29, 1.82) is 0 Å². The molecule has 0 saturated carbocycles. The lowest BCUT2D eigenvalue weighted by atomic mass is 10.1. The average Bonchev–Trinajstić information content (AvgIpc) is 2.60. The number of guanidine groups is 1. The summed E-state index contributed by atoms with van der Waals surface area (Å²) in [5.41, 5.74) is 0. The molecule has 0 aromatic rings. The molecule has 1 aliphatic rings. The predicted octanol–water partition coefficient (Wildman–Crippen LogP) is 2.04. The SMILES string of the molecule is CCN(CC)CCNC(=NC)N1CCC(OCCCOC)CC1.I. The molecule has 0 aliphatic carbocycles. The van der Waals surface area contributed by atoms with E-state index in [0.717, 1.165) is 77.7 Å². The minimum Gasteiger partial charge on any atom is -0.385 e. The molecule has 0 atom stereocenters. The van der Waals surface area contributed by atoms with Gasteiger partial charge in [0.1, 0.15) is 0 Å². The van der Waals surface area contributed by atoms with Crippen molar-refractivity contribution in [3.05, 3.63) is 0 Å². The lowest BCUT2D eigenvalue weighted by molar-refractivity contribution is 0.00990. The van der Waals surface area contributed by atoms with E-state index in [9.17, 15) is 0 Å². The van der Waals surface area contributed by atoms with Gasteiger partial charge < -0.3 is 24.6 Å². The molecule has 0 spiro atoms. The number of nitrogens with zero attached hydrogens (tertiary/aromatic N) is 3. The van der Waals surface area contributed by atoms with Gasteiger partial charge in [-0.25, -0.2) is 0 Å². The largest absolute Gasteiger partial charge is 0.385 e. The minimum atomic E-state index is 0. The van der Waals surface area contributed by atoms with Gasteiger partial charge in [0.25, 0.3) is 0 Å². The zero-order chi connectivity index (χ0) is 16.9. The van der Waals surface area contributed by atoms with E-state index in [1.54, 1.807) is 7.11 Å². The van der Waals surface area contributed by atoms with Crippen molar-refractivity contribution in [2.45, 2.75) is 39.2 Å². The summed E-state index contributed by atoms with van der Waals surface area (Å²) in [6.45, 7) is 12.2. The Kier molecular flexibility index (Phi) is 15.1. The lowest BCUT2D eigenvalue weighted by Crippen LogP contribution is -2.48. The molecular weight excluding hydrogens is 419 g/mol. The summed E-state index contributed by atoms with van der Waals surface area (Å²) in [4.78, 5) is 9.19. The highest BCUT2D eigenvalue weighted by molar-refractivity contribution is 14.0. The predicted molar refractivity (Wildman–Crippen MR) is 112 cm³/mol. The van der Waals surface area contributed by atoms with Gasteiger partial charge >= 0.3 is 0 Å². The van der Waals surface area contributed by atoms with E-state index in [1.807, 2.05) is 7.05 Å². The molecule has 1 heterocycles. The van der Waals surface area contributed by atoms with Crippen LogP contribution in [0.15, 0.2) is 4.99 Å². The molecule has 0 aromatic carbocycles. The molecule has 0 radical (unpaired) electrons. The van der Waals surface area contributed by atoms with Gasteiger partial charge in [-0.3, -0.25) is 4.99 Å². The van der Waals surface area contributed by atoms with Gasteiger partial charge in [-0.1, -0.05) is 13.8 Å². The zero-order valence-corrected chi connectivity index (χ0v) is 18.3. The van der Waals surface area contributed by atoms with Crippen molar-refractivity contribution in [3.8, 4) is 0 Å². The summed E-state index contributed by atoms with van der Waals surface area (Å²) in [5.74, 6) is 1.02. The normalized spacial score (nSPS) is 16.4. The highest BCUT2D eigenvalue weighted by Gasteiger charge is 2.21. The Morgan fingerprint density at radius 1 is 1.21 bits per heavy atom. The number of likely N-dealkylation sites (N-methyl/N-ethyl adjacent to an activating group) is 1. The van der Waals surface area contributed by atoms with Crippen molar-refractivity contribution in [1.82, 2.24) is 15.1 Å². The van der Waals surface area contributed by atoms with E-state index in [0.29, 0.717) is 6.10 Å². The van der Waals surface area contributed by atoms with Gasteiger partial charge in [0, 0.05) is 53.6 Å². The van der Waals surface area contributed by atoms with Gasteiger partial charge in [-0.15, -0.1) is 24.0 Å². The van der Waals surface area contributed by atoms with E-state index in [-0.39, 0.29) is 24.0 Å². The smallest absolute Gasteiger partial charge is 0.193 e. The van der Waals surface area contributed by atoms with Crippen LogP contribution in [0.2, 0.25) is 0 Å². The van der Waals surface area contributed by atoms with Gasteiger partial charge in [0.05, 0.1) is 6.10 Å². The number of aliphatic imine (C=N–C) groups is 1. The third-order valence-corrected chi connectivity index (χ3v) is 4.41. The van der Waals surface area contributed by atoms with Crippen molar-refractivity contribution >= 4 is 29.9 Å². The van der Waals surface area contributed by atoms with Crippen LogP contribution < -0.4 is 5.32 Å². The monoisotopic (exact) mass is 456 g/mol. The van der Waals surface area contributed by atoms with E-state index >= 15 is 0 Å².